The standard InChI is InChI=1S/C20H18N6O2S/c1-14-18(29-20(23-14)15-6-3-2-4-7-15)19(28)21-11-13-26-17(27)9-8-16(24-26)25-12-5-10-22-25/h2-10,12H,11,13H2,1H3,(H,21,28). The van der Waals surface area contributed by atoms with E-state index in [2.05, 4.69) is 20.5 Å². The Bertz CT molecular complexity index is 1180. The number of nitrogens with one attached hydrogen (secondary N) is 1. The molecular weight excluding hydrogens is 388 g/mol. The lowest BCUT2D eigenvalue weighted by molar-refractivity contribution is 0.0955. The third-order valence-electron chi connectivity index (χ3n) is 4.22. The maximum atomic E-state index is 12.6. The number of aryl methyl sites for hydroxylation is 1. The van der Waals surface area contributed by atoms with Crippen molar-refractivity contribution in [3.8, 4) is 16.4 Å². The van der Waals surface area contributed by atoms with E-state index in [1.807, 2.05) is 37.3 Å². The Kier molecular flexibility index (Phi) is 5.30. The number of nitrogens with zero attached hydrogens (tertiary/aromatic N) is 5. The quantitative estimate of drug-likeness (QED) is 0.530. The Morgan fingerprint density at radius 3 is 2.72 bits per heavy atom. The van der Waals surface area contributed by atoms with E-state index >= 15 is 0 Å². The van der Waals surface area contributed by atoms with E-state index < -0.39 is 0 Å². The highest BCUT2D eigenvalue weighted by Gasteiger charge is 2.16. The molecule has 4 aromatic rings. The van der Waals surface area contributed by atoms with E-state index in [9.17, 15) is 9.59 Å². The largest absolute Gasteiger partial charge is 0.349 e. The zero-order valence-corrected chi connectivity index (χ0v) is 16.5. The molecule has 0 unspecified atom stereocenters. The summed E-state index contributed by atoms with van der Waals surface area (Å²) in [4.78, 5) is 29.7. The lowest BCUT2D eigenvalue weighted by Gasteiger charge is -2.08. The zero-order chi connectivity index (χ0) is 20.2. The number of hydrogen-bond acceptors (Lipinski definition) is 6. The fourth-order valence-electron chi connectivity index (χ4n) is 2.79. The number of hydrogen-bond donors (Lipinski definition) is 1. The Labute approximate surface area is 170 Å². The zero-order valence-electron chi connectivity index (χ0n) is 15.6. The number of carbonyl (C=O) groups excluding carboxylic acids is 1. The van der Waals surface area contributed by atoms with Crippen LogP contribution in [0.5, 0.6) is 0 Å². The van der Waals surface area contributed by atoms with Gasteiger partial charge in [-0.2, -0.15) is 5.10 Å². The average molecular weight is 406 g/mol. The van der Waals surface area contributed by atoms with Gasteiger partial charge in [0, 0.05) is 30.6 Å². The van der Waals surface area contributed by atoms with Gasteiger partial charge in [-0.1, -0.05) is 30.3 Å². The molecule has 0 spiro atoms. The van der Waals surface area contributed by atoms with Crippen molar-refractivity contribution in [2.75, 3.05) is 6.54 Å². The molecule has 0 atom stereocenters. The minimum Gasteiger partial charge on any atom is -0.349 e. The second-order valence-electron chi connectivity index (χ2n) is 6.26. The van der Waals surface area contributed by atoms with Crippen LogP contribution in [0.15, 0.2) is 65.7 Å². The molecule has 0 saturated heterocycles. The molecule has 0 aliphatic rings. The third kappa shape index (κ3) is 4.14. The van der Waals surface area contributed by atoms with Crippen LogP contribution >= 0.6 is 11.3 Å². The summed E-state index contributed by atoms with van der Waals surface area (Å²) in [5.41, 5.74) is 1.42. The van der Waals surface area contributed by atoms with E-state index in [4.69, 9.17) is 0 Å². The van der Waals surface area contributed by atoms with Gasteiger partial charge in [-0.15, -0.1) is 16.4 Å². The summed E-state index contributed by atoms with van der Waals surface area (Å²) in [6.45, 7) is 2.34. The first-order chi connectivity index (χ1) is 14.1. The van der Waals surface area contributed by atoms with E-state index in [0.29, 0.717) is 16.4 Å². The van der Waals surface area contributed by atoms with E-state index in [1.165, 1.54) is 22.1 Å². The lowest BCUT2D eigenvalue weighted by Crippen LogP contribution is -2.32. The second kappa shape index (κ2) is 8.19. The van der Waals surface area contributed by atoms with Crippen molar-refractivity contribution in [2.24, 2.45) is 0 Å². The lowest BCUT2D eigenvalue weighted by atomic mass is 10.2. The van der Waals surface area contributed by atoms with Crippen molar-refractivity contribution in [3.05, 3.63) is 81.8 Å². The molecular formula is C20H18N6O2S. The summed E-state index contributed by atoms with van der Waals surface area (Å²) in [6, 6.07) is 14.6. The summed E-state index contributed by atoms with van der Waals surface area (Å²) in [6.07, 6.45) is 3.38. The van der Waals surface area contributed by atoms with E-state index in [0.717, 1.165) is 10.6 Å². The number of aromatic nitrogens is 5. The maximum Gasteiger partial charge on any atom is 0.266 e. The number of benzene rings is 1. The summed E-state index contributed by atoms with van der Waals surface area (Å²) >= 11 is 1.35. The highest BCUT2D eigenvalue weighted by molar-refractivity contribution is 7.17. The maximum absolute atomic E-state index is 12.6. The Morgan fingerprint density at radius 2 is 1.97 bits per heavy atom. The molecule has 8 nitrogen and oxygen atoms in total. The highest BCUT2D eigenvalue weighted by atomic mass is 32.1. The van der Waals surface area contributed by atoms with Crippen LogP contribution in [0.3, 0.4) is 0 Å². The summed E-state index contributed by atoms with van der Waals surface area (Å²) in [7, 11) is 0. The number of rotatable bonds is 6. The molecule has 1 aromatic carbocycles. The van der Waals surface area contributed by atoms with Gasteiger partial charge in [-0.25, -0.2) is 14.3 Å². The van der Waals surface area contributed by atoms with Gasteiger partial charge in [0.25, 0.3) is 11.5 Å². The average Bonchev–Trinajstić information content (AvgIpc) is 3.40. The Morgan fingerprint density at radius 1 is 1.14 bits per heavy atom. The van der Waals surface area contributed by atoms with Gasteiger partial charge < -0.3 is 5.32 Å². The molecule has 1 N–H and O–H groups in total. The number of thiazole rings is 1. The van der Waals surface area contributed by atoms with E-state index in [-0.39, 0.29) is 24.6 Å². The molecule has 4 rings (SSSR count). The molecule has 3 heterocycles. The van der Waals surface area contributed by atoms with Crippen LogP contribution in [0.25, 0.3) is 16.4 Å². The topological polar surface area (TPSA) is 94.7 Å². The SMILES string of the molecule is Cc1nc(-c2ccccc2)sc1C(=O)NCCn1nc(-n2cccn2)ccc1=O. The van der Waals surface area contributed by atoms with Crippen LogP contribution in [0, 0.1) is 6.92 Å². The predicted octanol–water partition coefficient (Wildman–Crippen LogP) is 2.29. The van der Waals surface area contributed by atoms with Gasteiger partial charge in [0.05, 0.1) is 12.2 Å². The van der Waals surface area contributed by atoms with Gasteiger partial charge in [0.15, 0.2) is 5.82 Å². The van der Waals surface area contributed by atoms with Crippen molar-refractivity contribution >= 4 is 17.2 Å². The molecule has 0 saturated carbocycles. The summed E-state index contributed by atoms with van der Waals surface area (Å²) < 4.78 is 2.88. The van der Waals surface area contributed by atoms with Gasteiger partial charge >= 0.3 is 0 Å². The minimum atomic E-state index is -0.240. The summed E-state index contributed by atoms with van der Waals surface area (Å²) in [5, 5.41) is 12.0. The smallest absolute Gasteiger partial charge is 0.266 e. The van der Waals surface area contributed by atoms with Crippen LogP contribution in [-0.4, -0.2) is 37.0 Å². The van der Waals surface area contributed by atoms with Crippen LogP contribution in [0.4, 0.5) is 0 Å². The first kappa shape index (κ1) is 18.8. The fourth-order valence-corrected chi connectivity index (χ4v) is 3.78. The Balaban J connectivity index is 1.43. The fraction of sp³-hybridized carbons (Fsp3) is 0.150. The third-order valence-corrected chi connectivity index (χ3v) is 5.43. The van der Waals surface area contributed by atoms with Crippen LogP contribution < -0.4 is 10.9 Å². The molecule has 146 valence electrons. The van der Waals surface area contributed by atoms with Crippen LogP contribution in [0.1, 0.15) is 15.4 Å². The second-order valence-corrected chi connectivity index (χ2v) is 7.26. The van der Waals surface area contributed by atoms with Gasteiger partial charge in [-0.3, -0.25) is 9.59 Å². The molecule has 0 aliphatic carbocycles. The number of amides is 1. The van der Waals surface area contributed by atoms with Crippen molar-refractivity contribution in [3.63, 3.8) is 0 Å². The summed E-state index contributed by atoms with van der Waals surface area (Å²) in [5.74, 6) is 0.324. The molecule has 1 amide bonds. The van der Waals surface area contributed by atoms with Crippen molar-refractivity contribution < 1.29 is 4.79 Å². The van der Waals surface area contributed by atoms with Gasteiger partial charge in [-0.05, 0) is 19.1 Å². The molecule has 0 fully saturated rings. The van der Waals surface area contributed by atoms with Gasteiger partial charge in [0.1, 0.15) is 9.88 Å². The van der Waals surface area contributed by atoms with E-state index in [1.54, 1.807) is 29.2 Å². The van der Waals surface area contributed by atoms with Crippen molar-refractivity contribution in [1.82, 2.24) is 29.9 Å². The molecule has 0 aliphatic heterocycles. The van der Waals surface area contributed by atoms with Crippen molar-refractivity contribution in [1.29, 1.82) is 0 Å². The molecule has 0 bridgehead atoms. The molecule has 9 heteroatoms. The molecule has 0 radical (unpaired) electrons. The van der Waals surface area contributed by atoms with Crippen LogP contribution in [0.2, 0.25) is 0 Å². The first-order valence-electron chi connectivity index (χ1n) is 9.01. The predicted molar refractivity (Wildman–Crippen MR) is 110 cm³/mol. The van der Waals surface area contributed by atoms with Crippen molar-refractivity contribution in [2.45, 2.75) is 13.5 Å². The number of carbonyl (C=O) groups is 1. The highest BCUT2D eigenvalue weighted by Crippen LogP contribution is 2.27. The van der Waals surface area contributed by atoms with Crippen LogP contribution in [-0.2, 0) is 6.54 Å². The normalized spacial score (nSPS) is 10.8. The minimum absolute atomic E-state index is 0.210. The van der Waals surface area contributed by atoms with Gasteiger partial charge in [0.2, 0.25) is 0 Å². The molecule has 3 aromatic heterocycles. The monoisotopic (exact) mass is 406 g/mol. The molecule has 29 heavy (non-hydrogen) atoms. The Hall–Kier alpha value is -3.59. The first-order valence-corrected chi connectivity index (χ1v) is 9.83.